The minimum atomic E-state index is -0.356. The van der Waals surface area contributed by atoms with Crippen LogP contribution in [0.5, 0.6) is 0 Å². The van der Waals surface area contributed by atoms with Crippen LogP contribution in [-0.4, -0.2) is 22.5 Å². The van der Waals surface area contributed by atoms with Gasteiger partial charge in [0.2, 0.25) is 0 Å². The first kappa shape index (κ1) is 11.9. The van der Waals surface area contributed by atoms with Crippen LogP contribution in [0.1, 0.15) is 21.1 Å². The van der Waals surface area contributed by atoms with Crippen molar-refractivity contribution in [3.05, 3.63) is 58.2 Å². The Morgan fingerprint density at radius 3 is 3.00 bits per heavy atom. The number of hydrogen-bond donors (Lipinski definition) is 0. The fraction of sp³-hybridized carbons (Fsp3) is 0.143. The Hall–Kier alpha value is -2.14. The molecular weight excluding hydrogens is 260 g/mol. The Morgan fingerprint density at radius 1 is 1.37 bits per heavy atom. The van der Waals surface area contributed by atoms with Crippen LogP contribution in [0.15, 0.2) is 41.9 Å². The number of rotatable bonds is 3. The molecule has 0 spiro atoms. The van der Waals surface area contributed by atoms with Gasteiger partial charge in [0.25, 0.3) is 0 Å². The summed E-state index contributed by atoms with van der Waals surface area (Å²) in [5.74, 6) is -0.356. The highest BCUT2D eigenvalue weighted by molar-refractivity contribution is 7.09. The molecule has 0 atom stereocenters. The second kappa shape index (κ2) is 4.85. The number of aromatic nitrogens is 2. The van der Waals surface area contributed by atoms with E-state index in [0.717, 1.165) is 17.8 Å². The largest absolute Gasteiger partial charge is 0.464 e. The van der Waals surface area contributed by atoms with E-state index in [1.165, 1.54) is 12.0 Å². The predicted molar refractivity (Wildman–Crippen MR) is 73.7 cm³/mol. The fourth-order valence-electron chi connectivity index (χ4n) is 2.01. The first-order valence-corrected chi connectivity index (χ1v) is 6.73. The monoisotopic (exact) mass is 272 g/mol. The Morgan fingerprint density at radius 2 is 2.26 bits per heavy atom. The summed E-state index contributed by atoms with van der Waals surface area (Å²) in [4.78, 5) is 17.5. The maximum Gasteiger partial charge on any atom is 0.355 e. The van der Waals surface area contributed by atoms with Crippen LogP contribution in [0.3, 0.4) is 0 Å². The first-order valence-electron chi connectivity index (χ1n) is 5.85. The second-order valence-electron chi connectivity index (χ2n) is 4.12. The molecule has 0 fully saturated rings. The topological polar surface area (TPSA) is 43.6 Å². The smallest absolute Gasteiger partial charge is 0.355 e. The summed E-state index contributed by atoms with van der Waals surface area (Å²) in [5, 5.41) is 2.05. The summed E-state index contributed by atoms with van der Waals surface area (Å²) < 4.78 is 6.55. The first-order chi connectivity index (χ1) is 9.28. The molecule has 0 saturated heterocycles. The number of carbonyl (C=O) groups is 1. The summed E-state index contributed by atoms with van der Waals surface area (Å²) >= 11 is 1.70. The number of esters is 1. The van der Waals surface area contributed by atoms with E-state index in [4.69, 9.17) is 4.74 Å². The molecule has 4 nitrogen and oxygen atoms in total. The average molecular weight is 272 g/mol. The summed E-state index contributed by atoms with van der Waals surface area (Å²) in [6.07, 6.45) is 2.67. The molecule has 0 bridgehead atoms. The molecule has 5 heteroatoms. The molecule has 3 aromatic heterocycles. The lowest BCUT2D eigenvalue weighted by Gasteiger charge is -2.01. The Kier molecular flexibility index (Phi) is 3.05. The molecule has 0 aliphatic rings. The molecule has 0 aliphatic carbocycles. The SMILES string of the molecule is COC(=O)c1cccc2nc(Cc3cccs3)cn12. The number of hydrogen-bond acceptors (Lipinski definition) is 4. The fourth-order valence-corrected chi connectivity index (χ4v) is 2.73. The highest BCUT2D eigenvalue weighted by Gasteiger charge is 2.12. The van der Waals surface area contributed by atoms with E-state index in [1.807, 2.05) is 29.8 Å². The van der Waals surface area contributed by atoms with Crippen molar-refractivity contribution < 1.29 is 9.53 Å². The van der Waals surface area contributed by atoms with Gasteiger partial charge in [0.1, 0.15) is 11.3 Å². The van der Waals surface area contributed by atoms with Crippen molar-refractivity contribution in [3.63, 3.8) is 0 Å². The number of pyridine rings is 1. The molecule has 3 aromatic rings. The molecule has 3 heterocycles. The minimum Gasteiger partial charge on any atom is -0.464 e. The van der Waals surface area contributed by atoms with Gasteiger partial charge >= 0.3 is 5.97 Å². The molecular formula is C14H12N2O2S. The zero-order chi connectivity index (χ0) is 13.2. The maximum absolute atomic E-state index is 11.7. The van der Waals surface area contributed by atoms with E-state index >= 15 is 0 Å². The van der Waals surface area contributed by atoms with Crippen molar-refractivity contribution in [1.29, 1.82) is 0 Å². The summed E-state index contributed by atoms with van der Waals surface area (Å²) in [6.45, 7) is 0. The highest BCUT2D eigenvalue weighted by Crippen LogP contribution is 2.16. The number of fused-ring (bicyclic) bond motifs is 1. The Balaban J connectivity index is 2.03. The third-order valence-electron chi connectivity index (χ3n) is 2.87. The van der Waals surface area contributed by atoms with Crippen LogP contribution in [0.4, 0.5) is 0 Å². The number of nitrogens with zero attached hydrogens (tertiary/aromatic N) is 2. The second-order valence-corrected chi connectivity index (χ2v) is 5.15. The van der Waals surface area contributed by atoms with E-state index in [9.17, 15) is 4.79 Å². The van der Waals surface area contributed by atoms with Crippen LogP contribution in [0.25, 0.3) is 5.65 Å². The van der Waals surface area contributed by atoms with Gasteiger partial charge in [0, 0.05) is 17.5 Å². The molecule has 0 aromatic carbocycles. The molecule has 3 rings (SSSR count). The molecule has 0 amide bonds. The normalized spacial score (nSPS) is 10.8. The van der Waals surface area contributed by atoms with Crippen molar-refractivity contribution in [2.24, 2.45) is 0 Å². The standard InChI is InChI=1S/C14H12N2O2S/c1-18-14(17)12-5-2-6-13-15-10(9-16(12)13)8-11-4-3-7-19-11/h2-7,9H,8H2,1H3. The van der Waals surface area contributed by atoms with Gasteiger partial charge in [-0.3, -0.25) is 4.40 Å². The van der Waals surface area contributed by atoms with Crippen LogP contribution in [0.2, 0.25) is 0 Å². The van der Waals surface area contributed by atoms with Crippen LogP contribution in [-0.2, 0) is 11.2 Å². The van der Waals surface area contributed by atoms with Gasteiger partial charge < -0.3 is 4.74 Å². The quantitative estimate of drug-likeness (QED) is 0.689. The van der Waals surface area contributed by atoms with E-state index in [0.29, 0.717) is 5.69 Å². The van der Waals surface area contributed by atoms with E-state index in [-0.39, 0.29) is 5.97 Å². The zero-order valence-corrected chi connectivity index (χ0v) is 11.2. The van der Waals surface area contributed by atoms with Gasteiger partial charge in [0.05, 0.1) is 12.8 Å². The van der Waals surface area contributed by atoms with Crippen molar-refractivity contribution in [2.45, 2.75) is 6.42 Å². The number of thiophene rings is 1. The van der Waals surface area contributed by atoms with E-state index in [1.54, 1.807) is 21.8 Å². The average Bonchev–Trinajstić information content (AvgIpc) is 3.06. The minimum absolute atomic E-state index is 0.356. The Labute approximate surface area is 114 Å². The third-order valence-corrected chi connectivity index (χ3v) is 3.75. The van der Waals surface area contributed by atoms with Crippen LogP contribution < -0.4 is 0 Å². The number of ether oxygens (including phenoxy) is 1. The van der Waals surface area contributed by atoms with Gasteiger partial charge in [-0.2, -0.15) is 0 Å². The lowest BCUT2D eigenvalue weighted by Crippen LogP contribution is -2.06. The number of imidazole rings is 1. The molecule has 19 heavy (non-hydrogen) atoms. The van der Waals surface area contributed by atoms with Crippen LogP contribution in [0, 0.1) is 0 Å². The number of methoxy groups -OCH3 is 1. The van der Waals surface area contributed by atoms with Gasteiger partial charge in [-0.1, -0.05) is 12.1 Å². The molecule has 0 N–H and O–H groups in total. The maximum atomic E-state index is 11.7. The van der Waals surface area contributed by atoms with Crippen molar-refractivity contribution >= 4 is 23.0 Å². The molecule has 0 aliphatic heterocycles. The Bertz CT molecular complexity index is 716. The zero-order valence-electron chi connectivity index (χ0n) is 10.4. The van der Waals surface area contributed by atoms with Crippen molar-refractivity contribution in [2.75, 3.05) is 7.11 Å². The van der Waals surface area contributed by atoms with Crippen molar-refractivity contribution in [1.82, 2.24) is 9.38 Å². The lowest BCUT2D eigenvalue weighted by atomic mass is 10.3. The van der Waals surface area contributed by atoms with Crippen molar-refractivity contribution in [3.8, 4) is 0 Å². The van der Waals surface area contributed by atoms with Gasteiger partial charge in [0.15, 0.2) is 0 Å². The molecule has 0 saturated carbocycles. The summed E-state index contributed by atoms with van der Waals surface area (Å²) in [5.41, 5.74) is 2.19. The molecule has 0 radical (unpaired) electrons. The van der Waals surface area contributed by atoms with Crippen LogP contribution >= 0.6 is 11.3 Å². The lowest BCUT2D eigenvalue weighted by molar-refractivity contribution is 0.0592. The van der Waals surface area contributed by atoms with E-state index < -0.39 is 0 Å². The predicted octanol–water partition coefficient (Wildman–Crippen LogP) is 2.77. The summed E-state index contributed by atoms with van der Waals surface area (Å²) in [7, 11) is 1.38. The number of carbonyl (C=O) groups excluding carboxylic acids is 1. The summed E-state index contributed by atoms with van der Waals surface area (Å²) in [6, 6.07) is 9.52. The van der Waals surface area contributed by atoms with E-state index in [2.05, 4.69) is 11.1 Å². The van der Waals surface area contributed by atoms with Gasteiger partial charge in [-0.05, 0) is 23.6 Å². The molecule has 96 valence electrons. The van der Waals surface area contributed by atoms with Gasteiger partial charge in [-0.15, -0.1) is 11.3 Å². The highest BCUT2D eigenvalue weighted by atomic mass is 32.1. The van der Waals surface area contributed by atoms with Gasteiger partial charge in [-0.25, -0.2) is 9.78 Å². The molecule has 0 unspecified atom stereocenters. The third kappa shape index (κ3) is 2.24.